The van der Waals surface area contributed by atoms with Crippen LogP contribution in [0.5, 0.6) is 0 Å². The maximum absolute atomic E-state index is 4.65. The molecule has 0 amide bonds. The van der Waals surface area contributed by atoms with Gasteiger partial charge in [-0.15, -0.1) is 0 Å². The van der Waals surface area contributed by atoms with E-state index in [4.69, 9.17) is 0 Å². The minimum absolute atomic E-state index is 0.726. The van der Waals surface area contributed by atoms with Crippen LogP contribution >= 0.6 is 0 Å². The van der Waals surface area contributed by atoms with E-state index >= 15 is 0 Å². The Kier molecular flexibility index (Phi) is 4.49. The molecule has 1 aliphatic heterocycles. The van der Waals surface area contributed by atoms with Crippen LogP contribution in [0, 0.1) is 0 Å². The highest BCUT2D eigenvalue weighted by Gasteiger charge is 2.14. The number of nitrogens with zero attached hydrogens (tertiary/aromatic N) is 1. The Morgan fingerprint density at radius 3 is 2.40 bits per heavy atom. The fourth-order valence-corrected chi connectivity index (χ4v) is 2.65. The van der Waals surface area contributed by atoms with Gasteiger partial charge in [0.1, 0.15) is 0 Å². The monoisotopic (exact) mass is 208 g/mol. The van der Waals surface area contributed by atoms with E-state index in [1.807, 2.05) is 0 Å². The van der Waals surface area contributed by atoms with E-state index in [0.29, 0.717) is 0 Å². The van der Waals surface area contributed by atoms with Crippen LogP contribution in [-0.2, 0) is 0 Å². The molecule has 0 aromatic heterocycles. The molecule has 0 radical (unpaired) electrons. The SMILES string of the molecule is C1CCN=C(NC2CCCCCC2)CC1. The number of hydrogen-bond donors (Lipinski definition) is 1. The predicted octanol–water partition coefficient (Wildman–Crippen LogP) is 3.27. The largest absolute Gasteiger partial charge is 0.371 e. The van der Waals surface area contributed by atoms with E-state index < -0.39 is 0 Å². The van der Waals surface area contributed by atoms with Gasteiger partial charge < -0.3 is 5.32 Å². The number of amidine groups is 1. The van der Waals surface area contributed by atoms with Crippen molar-refractivity contribution in [3.05, 3.63) is 0 Å². The summed E-state index contributed by atoms with van der Waals surface area (Å²) in [5.41, 5.74) is 0. The molecule has 2 nitrogen and oxygen atoms in total. The Morgan fingerprint density at radius 2 is 1.60 bits per heavy atom. The normalized spacial score (nSPS) is 25.2. The molecule has 0 unspecified atom stereocenters. The molecule has 2 heteroatoms. The van der Waals surface area contributed by atoms with Crippen LogP contribution < -0.4 is 5.32 Å². The van der Waals surface area contributed by atoms with Gasteiger partial charge in [-0.1, -0.05) is 32.1 Å². The summed E-state index contributed by atoms with van der Waals surface area (Å²) in [4.78, 5) is 4.65. The molecule has 0 saturated heterocycles. The molecular weight excluding hydrogens is 184 g/mol. The molecule has 2 aliphatic rings. The molecule has 0 aromatic carbocycles. The molecule has 1 heterocycles. The van der Waals surface area contributed by atoms with Crippen molar-refractivity contribution in [2.45, 2.75) is 70.3 Å². The Morgan fingerprint density at radius 1 is 0.867 bits per heavy atom. The first-order valence-electron chi connectivity index (χ1n) is 6.75. The van der Waals surface area contributed by atoms with E-state index in [1.165, 1.54) is 70.0 Å². The third-order valence-electron chi connectivity index (χ3n) is 3.60. The van der Waals surface area contributed by atoms with Crippen LogP contribution in [0.15, 0.2) is 4.99 Å². The van der Waals surface area contributed by atoms with Crippen molar-refractivity contribution in [3.8, 4) is 0 Å². The number of aliphatic imine (C=N–C) groups is 1. The molecular formula is C13H24N2. The zero-order valence-electron chi connectivity index (χ0n) is 9.80. The van der Waals surface area contributed by atoms with Crippen LogP contribution in [0.4, 0.5) is 0 Å². The summed E-state index contributed by atoms with van der Waals surface area (Å²) in [5.74, 6) is 1.31. The summed E-state index contributed by atoms with van der Waals surface area (Å²) < 4.78 is 0. The molecule has 1 saturated carbocycles. The first-order valence-corrected chi connectivity index (χ1v) is 6.75. The topological polar surface area (TPSA) is 24.4 Å². The number of nitrogens with one attached hydrogen (secondary N) is 1. The highest BCUT2D eigenvalue weighted by molar-refractivity contribution is 5.82. The van der Waals surface area contributed by atoms with Crippen molar-refractivity contribution in [1.29, 1.82) is 0 Å². The Labute approximate surface area is 93.6 Å². The van der Waals surface area contributed by atoms with Crippen molar-refractivity contribution in [3.63, 3.8) is 0 Å². The second-order valence-corrected chi connectivity index (χ2v) is 4.97. The van der Waals surface area contributed by atoms with E-state index in [1.54, 1.807) is 0 Å². The second kappa shape index (κ2) is 6.14. The lowest BCUT2D eigenvalue weighted by atomic mass is 10.1. The molecule has 1 aliphatic carbocycles. The van der Waals surface area contributed by atoms with Gasteiger partial charge in [0, 0.05) is 19.0 Å². The molecule has 0 bridgehead atoms. The Hall–Kier alpha value is -0.530. The zero-order valence-corrected chi connectivity index (χ0v) is 9.80. The average molecular weight is 208 g/mol. The maximum atomic E-state index is 4.65. The summed E-state index contributed by atoms with van der Waals surface area (Å²) >= 11 is 0. The fourth-order valence-electron chi connectivity index (χ4n) is 2.65. The average Bonchev–Trinajstić information content (AvgIpc) is 2.63. The van der Waals surface area contributed by atoms with Crippen LogP contribution in [0.1, 0.15) is 64.2 Å². The molecule has 15 heavy (non-hydrogen) atoms. The number of hydrogen-bond acceptors (Lipinski definition) is 2. The van der Waals surface area contributed by atoms with Gasteiger partial charge in [-0.3, -0.25) is 4.99 Å². The summed E-state index contributed by atoms with van der Waals surface area (Å²) in [5, 5.41) is 3.69. The van der Waals surface area contributed by atoms with Crippen molar-refractivity contribution in [2.75, 3.05) is 6.54 Å². The van der Waals surface area contributed by atoms with Crippen LogP contribution in [0.25, 0.3) is 0 Å². The zero-order chi connectivity index (χ0) is 10.3. The van der Waals surface area contributed by atoms with Gasteiger partial charge in [0.05, 0.1) is 5.84 Å². The van der Waals surface area contributed by atoms with Gasteiger partial charge in [-0.25, -0.2) is 0 Å². The van der Waals surface area contributed by atoms with Crippen LogP contribution in [0.2, 0.25) is 0 Å². The second-order valence-electron chi connectivity index (χ2n) is 4.97. The highest BCUT2D eigenvalue weighted by Crippen LogP contribution is 2.18. The lowest BCUT2D eigenvalue weighted by Crippen LogP contribution is -2.34. The predicted molar refractivity (Wildman–Crippen MR) is 65.4 cm³/mol. The van der Waals surface area contributed by atoms with Gasteiger partial charge in [0.25, 0.3) is 0 Å². The van der Waals surface area contributed by atoms with E-state index in [0.717, 1.165) is 12.6 Å². The smallest absolute Gasteiger partial charge is 0.0965 e. The van der Waals surface area contributed by atoms with Crippen LogP contribution in [-0.4, -0.2) is 18.4 Å². The summed E-state index contributed by atoms with van der Waals surface area (Å²) in [6, 6.07) is 0.726. The van der Waals surface area contributed by atoms with Gasteiger partial charge in [-0.05, 0) is 25.7 Å². The summed E-state index contributed by atoms with van der Waals surface area (Å²) in [7, 11) is 0. The molecule has 86 valence electrons. The van der Waals surface area contributed by atoms with E-state index in [-0.39, 0.29) is 0 Å². The Bertz CT molecular complexity index is 203. The van der Waals surface area contributed by atoms with E-state index in [9.17, 15) is 0 Å². The summed E-state index contributed by atoms with van der Waals surface area (Å²) in [6.45, 7) is 1.05. The number of rotatable bonds is 1. The molecule has 2 rings (SSSR count). The lowest BCUT2D eigenvalue weighted by molar-refractivity contribution is 0.528. The lowest BCUT2D eigenvalue weighted by Gasteiger charge is -2.18. The maximum Gasteiger partial charge on any atom is 0.0965 e. The highest BCUT2D eigenvalue weighted by atomic mass is 15.0. The molecule has 0 spiro atoms. The van der Waals surface area contributed by atoms with E-state index in [2.05, 4.69) is 10.3 Å². The molecule has 0 atom stereocenters. The van der Waals surface area contributed by atoms with Crippen LogP contribution in [0.3, 0.4) is 0 Å². The molecule has 0 aromatic rings. The fraction of sp³-hybridized carbons (Fsp3) is 0.923. The van der Waals surface area contributed by atoms with Crippen molar-refractivity contribution in [1.82, 2.24) is 5.32 Å². The van der Waals surface area contributed by atoms with Crippen molar-refractivity contribution in [2.24, 2.45) is 4.99 Å². The molecule has 1 N–H and O–H groups in total. The first-order chi connectivity index (χ1) is 7.45. The minimum atomic E-state index is 0.726. The quantitative estimate of drug-likeness (QED) is 0.657. The van der Waals surface area contributed by atoms with Gasteiger partial charge in [0.2, 0.25) is 0 Å². The van der Waals surface area contributed by atoms with Crippen molar-refractivity contribution >= 4 is 5.84 Å². The van der Waals surface area contributed by atoms with Gasteiger partial charge in [0.15, 0.2) is 0 Å². The summed E-state index contributed by atoms with van der Waals surface area (Å²) in [6.07, 6.45) is 13.6. The molecule has 1 fully saturated rings. The first kappa shape index (κ1) is 11.0. The third kappa shape index (κ3) is 3.84. The third-order valence-corrected chi connectivity index (χ3v) is 3.60. The Balaban J connectivity index is 1.80. The standard InChI is InChI=1S/C13H24N2/c1-2-5-9-12(8-4-1)15-13-10-6-3-7-11-14-13/h12H,1-11H2,(H,14,15). The van der Waals surface area contributed by atoms with Gasteiger partial charge >= 0.3 is 0 Å². The van der Waals surface area contributed by atoms with Gasteiger partial charge in [-0.2, -0.15) is 0 Å². The minimum Gasteiger partial charge on any atom is -0.371 e. The van der Waals surface area contributed by atoms with Crippen molar-refractivity contribution < 1.29 is 0 Å².